The molecule has 0 amide bonds. The first-order chi connectivity index (χ1) is 7.58. The van der Waals surface area contributed by atoms with Gasteiger partial charge in [0.15, 0.2) is 0 Å². The number of carboxylic acid groups (broad SMARTS) is 1. The summed E-state index contributed by atoms with van der Waals surface area (Å²) in [5, 5.41) is 8.79. The Morgan fingerprint density at radius 1 is 1.56 bits per heavy atom. The molecule has 0 unspecified atom stereocenters. The highest BCUT2D eigenvalue weighted by Crippen LogP contribution is 2.31. The minimum absolute atomic E-state index is 0.0751. The van der Waals surface area contributed by atoms with Crippen LogP contribution >= 0.6 is 0 Å². The number of ether oxygens (including phenoxy) is 1. The molecule has 0 aromatic heterocycles. The number of hydrogen-bond acceptors (Lipinski definition) is 2. The van der Waals surface area contributed by atoms with Gasteiger partial charge >= 0.3 is 5.97 Å². The highest BCUT2D eigenvalue weighted by molar-refractivity contribution is 5.88. The number of halogens is 1. The third-order valence-corrected chi connectivity index (χ3v) is 2.72. The van der Waals surface area contributed by atoms with Gasteiger partial charge in [-0.15, -0.1) is 0 Å². The highest BCUT2D eigenvalue weighted by Gasteiger charge is 2.23. The fraction of sp³-hybridized carbons (Fsp3) is 0.417. The molecule has 0 atom stereocenters. The largest absolute Gasteiger partial charge is 0.493 e. The van der Waals surface area contributed by atoms with E-state index in [1.54, 1.807) is 6.92 Å². The SMILES string of the molecule is Cc1c(F)cc(C(=O)O)cc1OCC1CC1. The van der Waals surface area contributed by atoms with Crippen molar-refractivity contribution in [3.8, 4) is 5.75 Å². The van der Waals surface area contributed by atoms with Crippen molar-refractivity contribution < 1.29 is 19.0 Å². The van der Waals surface area contributed by atoms with Crippen molar-refractivity contribution in [1.29, 1.82) is 0 Å². The molecular formula is C12H13FO3. The van der Waals surface area contributed by atoms with Gasteiger partial charge in [0, 0.05) is 5.56 Å². The van der Waals surface area contributed by atoms with Crippen LogP contribution in [0, 0.1) is 18.7 Å². The Morgan fingerprint density at radius 2 is 2.25 bits per heavy atom. The van der Waals surface area contributed by atoms with E-state index in [2.05, 4.69) is 0 Å². The number of carbonyl (C=O) groups is 1. The van der Waals surface area contributed by atoms with Crippen LogP contribution in [-0.2, 0) is 0 Å². The number of aromatic carboxylic acids is 1. The van der Waals surface area contributed by atoms with Crippen LogP contribution in [0.3, 0.4) is 0 Å². The maximum Gasteiger partial charge on any atom is 0.335 e. The summed E-state index contributed by atoms with van der Waals surface area (Å²) in [4.78, 5) is 10.7. The zero-order valence-corrected chi connectivity index (χ0v) is 9.00. The van der Waals surface area contributed by atoms with Gasteiger partial charge in [-0.3, -0.25) is 0 Å². The van der Waals surface area contributed by atoms with Crippen LogP contribution in [0.5, 0.6) is 5.75 Å². The number of hydrogen-bond donors (Lipinski definition) is 1. The summed E-state index contributed by atoms with van der Waals surface area (Å²) in [6.45, 7) is 2.13. The Morgan fingerprint density at radius 3 is 2.81 bits per heavy atom. The molecular weight excluding hydrogens is 211 g/mol. The molecule has 1 aromatic rings. The van der Waals surface area contributed by atoms with Gasteiger partial charge in [-0.05, 0) is 37.8 Å². The predicted molar refractivity (Wildman–Crippen MR) is 56.3 cm³/mol. The summed E-state index contributed by atoms with van der Waals surface area (Å²) in [5.41, 5.74) is 0.291. The molecule has 4 heteroatoms. The van der Waals surface area contributed by atoms with E-state index in [4.69, 9.17) is 9.84 Å². The zero-order valence-electron chi connectivity index (χ0n) is 9.00. The first kappa shape index (κ1) is 10.9. The zero-order chi connectivity index (χ0) is 11.7. The minimum Gasteiger partial charge on any atom is -0.493 e. The lowest BCUT2D eigenvalue weighted by Crippen LogP contribution is -2.05. The summed E-state index contributed by atoms with van der Waals surface area (Å²) in [6, 6.07) is 2.39. The Bertz CT molecular complexity index is 425. The van der Waals surface area contributed by atoms with Crippen LogP contribution < -0.4 is 4.74 Å². The second-order valence-electron chi connectivity index (χ2n) is 4.14. The van der Waals surface area contributed by atoms with E-state index in [9.17, 15) is 9.18 Å². The molecule has 1 saturated carbocycles. The number of carboxylic acids is 1. The molecule has 0 spiro atoms. The standard InChI is InChI=1S/C12H13FO3/c1-7-10(13)4-9(12(14)15)5-11(7)16-6-8-2-3-8/h4-5,8H,2-3,6H2,1H3,(H,14,15). The lowest BCUT2D eigenvalue weighted by molar-refractivity contribution is 0.0695. The maximum absolute atomic E-state index is 13.4. The van der Waals surface area contributed by atoms with Crippen molar-refractivity contribution in [2.45, 2.75) is 19.8 Å². The Balaban J connectivity index is 2.22. The quantitative estimate of drug-likeness (QED) is 0.855. The molecule has 86 valence electrons. The second kappa shape index (κ2) is 4.12. The van der Waals surface area contributed by atoms with Gasteiger partial charge in [-0.1, -0.05) is 0 Å². The van der Waals surface area contributed by atoms with Gasteiger partial charge in [0.05, 0.1) is 12.2 Å². The molecule has 2 rings (SSSR count). The third kappa shape index (κ3) is 2.32. The summed E-state index contributed by atoms with van der Waals surface area (Å²) >= 11 is 0. The van der Waals surface area contributed by atoms with Gasteiger partial charge in [0.25, 0.3) is 0 Å². The van der Waals surface area contributed by atoms with Crippen LogP contribution in [0.15, 0.2) is 12.1 Å². The van der Waals surface area contributed by atoms with Crippen LogP contribution in [0.1, 0.15) is 28.8 Å². The van der Waals surface area contributed by atoms with Crippen molar-refractivity contribution in [1.82, 2.24) is 0 Å². The Hall–Kier alpha value is -1.58. The molecule has 1 aliphatic carbocycles. The summed E-state index contributed by atoms with van der Waals surface area (Å²) in [7, 11) is 0. The Kier molecular flexibility index (Phi) is 2.81. The average Bonchev–Trinajstić information content (AvgIpc) is 3.03. The highest BCUT2D eigenvalue weighted by atomic mass is 19.1. The maximum atomic E-state index is 13.4. The van der Waals surface area contributed by atoms with E-state index in [1.165, 1.54) is 6.07 Å². The molecule has 1 aromatic carbocycles. The molecule has 16 heavy (non-hydrogen) atoms. The van der Waals surface area contributed by atoms with Gasteiger partial charge in [-0.25, -0.2) is 9.18 Å². The molecule has 1 N–H and O–H groups in total. The van der Waals surface area contributed by atoms with E-state index in [-0.39, 0.29) is 5.56 Å². The summed E-state index contributed by atoms with van der Waals surface area (Å²) in [5.74, 6) is -0.791. The molecule has 0 heterocycles. The van der Waals surface area contributed by atoms with Gasteiger partial charge in [-0.2, -0.15) is 0 Å². The van der Waals surface area contributed by atoms with Crippen molar-refractivity contribution in [2.75, 3.05) is 6.61 Å². The monoisotopic (exact) mass is 224 g/mol. The number of benzene rings is 1. The molecule has 0 aliphatic heterocycles. The molecule has 0 saturated heterocycles. The molecule has 1 fully saturated rings. The first-order valence-electron chi connectivity index (χ1n) is 5.24. The van der Waals surface area contributed by atoms with Crippen molar-refractivity contribution >= 4 is 5.97 Å². The van der Waals surface area contributed by atoms with Crippen LogP contribution in [0.25, 0.3) is 0 Å². The lowest BCUT2D eigenvalue weighted by Gasteiger charge is -2.10. The van der Waals surface area contributed by atoms with E-state index in [0.717, 1.165) is 18.9 Å². The lowest BCUT2D eigenvalue weighted by atomic mass is 10.1. The van der Waals surface area contributed by atoms with E-state index in [0.29, 0.717) is 23.8 Å². The first-order valence-corrected chi connectivity index (χ1v) is 5.24. The van der Waals surface area contributed by atoms with Crippen LogP contribution in [-0.4, -0.2) is 17.7 Å². The molecule has 3 nitrogen and oxygen atoms in total. The summed E-state index contributed by atoms with van der Waals surface area (Å²) < 4.78 is 18.8. The summed E-state index contributed by atoms with van der Waals surface area (Å²) in [6.07, 6.45) is 2.28. The topological polar surface area (TPSA) is 46.5 Å². The predicted octanol–water partition coefficient (Wildman–Crippen LogP) is 2.62. The molecule has 1 aliphatic rings. The molecule has 0 radical (unpaired) electrons. The van der Waals surface area contributed by atoms with Gasteiger partial charge in [0.2, 0.25) is 0 Å². The fourth-order valence-electron chi connectivity index (χ4n) is 1.42. The van der Waals surface area contributed by atoms with Crippen molar-refractivity contribution in [3.05, 3.63) is 29.1 Å². The van der Waals surface area contributed by atoms with E-state index in [1.807, 2.05) is 0 Å². The van der Waals surface area contributed by atoms with Gasteiger partial charge < -0.3 is 9.84 Å². The fourth-order valence-corrected chi connectivity index (χ4v) is 1.42. The van der Waals surface area contributed by atoms with Crippen LogP contribution in [0.4, 0.5) is 4.39 Å². The van der Waals surface area contributed by atoms with Crippen LogP contribution in [0.2, 0.25) is 0 Å². The average molecular weight is 224 g/mol. The van der Waals surface area contributed by atoms with Gasteiger partial charge in [0.1, 0.15) is 11.6 Å². The number of rotatable bonds is 4. The van der Waals surface area contributed by atoms with E-state index >= 15 is 0 Å². The van der Waals surface area contributed by atoms with Crippen molar-refractivity contribution in [2.24, 2.45) is 5.92 Å². The smallest absolute Gasteiger partial charge is 0.335 e. The normalized spacial score (nSPS) is 14.9. The van der Waals surface area contributed by atoms with Crippen molar-refractivity contribution in [3.63, 3.8) is 0 Å². The minimum atomic E-state index is -1.14. The van der Waals surface area contributed by atoms with E-state index < -0.39 is 11.8 Å². The molecule has 0 bridgehead atoms. The third-order valence-electron chi connectivity index (χ3n) is 2.72. The second-order valence-corrected chi connectivity index (χ2v) is 4.14. The Labute approximate surface area is 92.9 Å².